The summed E-state index contributed by atoms with van der Waals surface area (Å²) in [6.07, 6.45) is 34.9. The number of esters is 4. The van der Waals surface area contributed by atoms with Crippen LogP contribution in [0.15, 0.2) is 0 Å². The molecule has 0 radical (unpaired) electrons. The van der Waals surface area contributed by atoms with Crippen LogP contribution < -0.4 is 0 Å². The van der Waals surface area contributed by atoms with Crippen LogP contribution in [0.2, 0.25) is 0 Å². The number of ether oxygens (including phenoxy) is 4. The zero-order valence-corrected chi connectivity index (χ0v) is 54.7. The summed E-state index contributed by atoms with van der Waals surface area (Å²) in [5, 5.41) is 10.5. The van der Waals surface area contributed by atoms with Gasteiger partial charge in [0.05, 0.1) is 26.4 Å². The van der Waals surface area contributed by atoms with E-state index in [0.717, 1.165) is 120 Å². The third-order valence-electron chi connectivity index (χ3n) is 15.1. The van der Waals surface area contributed by atoms with Gasteiger partial charge in [-0.05, 0) is 43.4 Å². The Morgan fingerprint density at radius 3 is 0.927 bits per heavy atom. The van der Waals surface area contributed by atoms with Crippen molar-refractivity contribution in [1.29, 1.82) is 0 Å². The van der Waals surface area contributed by atoms with Crippen molar-refractivity contribution in [2.45, 2.75) is 324 Å². The molecule has 0 heterocycles. The minimum absolute atomic E-state index is 0.103. The van der Waals surface area contributed by atoms with Gasteiger partial charge >= 0.3 is 39.5 Å². The van der Waals surface area contributed by atoms with Crippen molar-refractivity contribution in [2.75, 3.05) is 39.6 Å². The van der Waals surface area contributed by atoms with Gasteiger partial charge in [-0.2, -0.15) is 0 Å². The first-order valence-electron chi connectivity index (χ1n) is 32.9. The van der Waals surface area contributed by atoms with Crippen molar-refractivity contribution in [3.63, 3.8) is 0 Å². The molecule has 486 valence electrons. The van der Waals surface area contributed by atoms with Crippen molar-refractivity contribution in [3.8, 4) is 0 Å². The fourth-order valence-electron chi connectivity index (χ4n) is 9.24. The van der Waals surface area contributed by atoms with E-state index in [-0.39, 0.29) is 25.7 Å². The number of hydrogen-bond acceptors (Lipinski definition) is 15. The van der Waals surface area contributed by atoms with Crippen LogP contribution in [0, 0.1) is 17.8 Å². The average molecular weight is 1210 g/mol. The van der Waals surface area contributed by atoms with Gasteiger partial charge in [-0.3, -0.25) is 37.3 Å². The molecule has 0 rings (SSSR count). The molecule has 0 aliphatic rings. The van der Waals surface area contributed by atoms with E-state index >= 15 is 0 Å². The molecule has 0 aromatic heterocycles. The van der Waals surface area contributed by atoms with Gasteiger partial charge < -0.3 is 33.8 Å². The Balaban J connectivity index is 5.24. The summed E-state index contributed by atoms with van der Waals surface area (Å²) in [6.45, 7) is 11.7. The molecule has 0 saturated carbocycles. The van der Waals surface area contributed by atoms with Crippen molar-refractivity contribution in [2.24, 2.45) is 17.8 Å². The second-order valence-electron chi connectivity index (χ2n) is 23.8. The van der Waals surface area contributed by atoms with Gasteiger partial charge in [-0.25, -0.2) is 9.13 Å². The van der Waals surface area contributed by atoms with Gasteiger partial charge in [0.25, 0.3) is 0 Å². The van der Waals surface area contributed by atoms with E-state index in [9.17, 15) is 43.2 Å². The molecule has 0 spiro atoms. The number of aliphatic hydroxyl groups is 1. The summed E-state index contributed by atoms with van der Waals surface area (Å²) in [4.78, 5) is 72.1. The van der Waals surface area contributed by atoms with Crippen molar-refractivity contribution >= 4 is 39.5 Å². The quantitative estimate of drug-likeness (QED) is 0.0222. The number of aliphatic hydroxyl groups excluding tert-OH is 1. The van der Waals surface area contributed by atoms with E-state index in [0.29, 0.717) is 25.7 Å². The van der Waals surface area contributed by atoms with E-state index in [1.54, 1.807) is 0 Å². The summed E-state index contributed by atoms with van der Waals surface area (Å²) in [5.41, 5.74) is 0. The highest BCUT2D eigenvalue weighted by Crippen LogP contribution is 2.45. The lowest BCUT2D eigenvalue weighted by Crippen LogP contribution is -2.30. The smallest absolute Gasteiger partial charge is 0.462 e. The Hall–Kier alpha value is -1.94. The summed E-state index contributed by atoms with van der Waals surface area (Å²) >= 11 is 0. The highest BCUT2D eigenvalue weighted by Gasteiger charge is 2.30. The third kappa shape index (κ3) is 54.7. The molecule has 0 bridgehead atoms. The van der Waals surface area contributed by atoms with E-state index in [4.69, 9.17) is 37.0 Å². The van der Waals surface area contributed by atoms with Gasteiger partial charge in [0.15, 0.2) is 12.2 Å². The van der Waals surface area contributed by atoms with Crippen molar-refractivity contribution in [1.82, 2.24) is 0 Å². The number of phosphoric ester groups is 2. The Morgan fingerprint density at radius 2 is 0.622 bits per heavy atom. The standard InChI is InChI=1S/C63H122O17P2/c1-8-11-12-13-20-30-37-44-60(65)73-50-58(79-62(67)46-39-32-25-17-14-21-27-34-41-54(4)5)52-77-81(69,70)75-48-57(64)49-76-82(71,72)78-53-59(80-63(68)47-40-33-26-19-16-23-29-36-43-56(7)10-3)51-74-61(66)45-38-31-24-18-15-22-28-35-42-55(6)9-2/h54-59,64H,8-53H2,1-7H3,(H,69,70)(H,71,72)/t55?,56?,57-,58+,59+/m0/s1. The van der Waals surface area contributed by atoms with E-state index in [1.165, 1.54) is 103 Å². The van der Waals surface area contributed by atoms with Crippen LogP contribution >= 0.6 is 15.6 Å². The monoisotopic (exact) mass is 1210 g/mol. The molecule has 0 amide bonds. The van der Waals surface area contributed by atoms with Gasteiger partial charge in [0, 0.05) is 25.7 Å². The summed E-state index contributed by atoms with van der Waals surface area (Å²) in [7, 11) is -9.88. The van der Waals surface area contributed by atoms with Crippen molar-refractivity contribution < 1.29 is 80.2 Å². The molecule has 3 N–H and O–H groups in total. The molecule has 0 aromatic rings. The molecule has 0 aliphatic heterocycles. The average Bonchev–Trinajstić information content (AvgIpc) is 3.44. The second-order valence-corrected chi connectivity index (χ2v) is 26.7. The highest BCUT2D eigenvalue weighted by molar-refractivity contribution is 7.47. The molecule has 17 nitrogen and oxygen atoms in total. The van der Waals surface area contributed by atoms with Gasteiger partial charge in [-0.15, -0.1) is 0 Å². The summed E-state index contributed by atoms with van der Waals surface area (Å²) < 4.78 is 67.9. The molecule has 0 saturated heterocycles. The van der Waals surface area contributed by atoms with E-state index < -0.39 is 97.5 Å². The predicted octanol–water partition coefficient (Wildman–Crippen LogP) is 17.1. The first-order chi connectivity index (χ1) is 39.3. The lowest BCUT2D eigenvalue weighted by atomic mass is 9.99. The van der Waals surface area contributed by atoms with Crippen LogP contribution in [0.1, 0.15) is 305 Å². The molecular formula is C63H122O17P2. The molecule has 0 fully saturated rings. The zero-order chi connectivity index (χ0) is 61.0. The minimum Gasteiger partial charge on any atom is -0.462 e. The van der Waals surface area contributed by atoms with E-state index in [1.807, 2.05) is 0 Å². The molecule has 0 aromatic carbocycles. The minimum atomic E-state index is -4.94. The van der Waals surface area contributed by atoms with Crippen LogP contribution in [-0.2, 0) is 65.4 Å². The molecule has 0 aliphatic carbocycles. The lowest BCUT2D eigenvalue weighted by molar-refractivity contribution is -0.161. The summed E-state index contributed by atoms with van der Waals surface area (Å²) in [6, 6.07) is 0. The normalized spacial score (nSPS) is 15.1. The number of carbonyl (C=O) groups excluding carboxylic acids is 4. The zero-order valence-electron chi connectivity index (χ0n) is 52.9. The highest BCUT2D eigenvalue weighted by atomic mass is 31.2. The molecular weight excluding hydrogens is 1090 g/mol. The Morgan fingerprint density at radius 1 is 0.354 bits per heavy atom. The largest absolute Gasteiger partial charge is 0.472 e. The SMILES string of the molecule is CCCCCCCCCC(=O)OC[C@H](COP(=O)(O)OC[C@H](O)COP(=O)(O)OC[C@@H](COC(=O)CCCCCCCCCCC(C)CC)OC(=O)CCCCCCCCCCC(C)CC)OC(=O)CCCCCCCCCCC(C)C. The van der Waals surface area contributed by atoms with Crippen LogP contribution in [0.5, 0.6) is 0 Å². The van der Waals surface area contributed by atoms with Crippen LogP contribution in [0.4, 0.5) is 0 Å². The number of carbonyl (C=O) groups is 4. The molecule has 7 atom stereocenters. The maximum atomic E-state index is 13.0. The second kappa shape index (κ2) is 54.5. The predicted molar refractivity (Wildman–Crippen MR) is 326 cm³/mol. The van der Waals surface area contributed by atoms with Crippen LogP contribution in [0.3, 0.4) is 0 Å². The fourth-order valence-corrected chi connectivity index (χ4v) is 10.8. The maximum Gasteiger partial charge on any atom is 0.472 e. The van der Waals surface area contributed by atoms with Crippen LogP contribution in [-0.4, -0.2) is 96.7 Å². The maximum absolute atomic E-state index is 13.0. The molecule has 19 heteroatoms. The fraction of sp³-hybridized carbons (Fsp3) is 0.937. The number of hydrogen-bond donors (Lipinski definition) is 3. The van der Waals surface area contributed by atoms with Gasteiger partial charge in [-0.1, -0.05) is 254 Å². The number of rotatable bonds is 61. The topological polar surface area (TPSA) is 237 Å². The van der Waals surface area contributed by atoms with Crippen molar-refractivity contribution in [3.05, 3.63) is 0 Å². The Labute approximate surface area is 498 Å². The number of unbranched alkanes of at least 4 members (excludes halogenated alkanes) is 27. The van der Waals surface area contributed by atoms with Gasteiger partial charge in [0.2, 0.25) is 0 Å². The van der Waals surface area contributed by atoms with E-state index in [2.05, 4.69) is 48.5 Å². The summed E-state index contributed by atoms with van der Waals surface area (Å²) in [5.74, 6) is 0.122. The van der Waals surface area contributed by atoms with Gasteiger partial charge in [0.1, 0.15) is 19.3 Å². The molecule has 4 unspecified atom stereocenters. The first-order valence-corrected chi connectivity index (χ1v) is 35.9. The Bertz CT molecular complexity index is 1630. The first kappa shape index (κ1) is 80.1. The van der Waals surface area contributed by atoms with Crippen LogP contribution in [0.25, 0.3) is 0 Å². The molecule has 82 heavy (non-hydrogen) atoms. The lowest BCUT2D eigenvalue weighted by Gasteiger charge is -2.21. The third-order valence-corrected chi connectivity index (χ3v) is 17.0. The Kier molecular flexibility index (Phi) is 53.2. The number of phosphoric acid groups is 2.